The summed E-state index contributed by atoms with van der Waals surface area (Å²) in [7, 11) is 0. The van der Waals surface area contributed by atoms with Gasteiger partial charge in [-0.25, -0.2) is 0 Å². The molecule has 0 bridgehead atoms. The highest BCUT2D eigenvalue weighted by Crippen LogP contribution is 2.14. The van der Waals surface area contributed by atoms with Crippen molar-refractivity contribution in [3.8, 4) is 0 Å². The second-order valence-electron chi connectivity index (χ2n) is 5.27. The standard InChI is InChI=1S/C14H27NO4/c1-4-5-6-7-9-15(10-8-12(16)17)13(11(2)3)14(18)19/h11,13H,4-10H2,1-3H3,(H,16,17)(H,18,19). The van der Waals surface area contributed by atoms with Gasteiger partial charge in [0, 0.05) is 6.54 Å². The number of nitrogens with zero attached hydrogens (tertiary/aromatic N) is 1. The molecule has 0 aromatic carbocycles. The van der Waals surface area contributed by atoms with Crippen LogP contribution in [0.1, 0.15) is 52.9 Å². The minimum atomic E-state index is -0.883. The molecule has 0 aliphatic carbocycles. The molecular weight excluding hydrogens is 246 g/mol. The molecule has 0 spiro atoms. The molecule has 1 unspecified atom stereocenters. The first-order valence-electron chi connectivity index (χ1n) is 7.08. The molecule has 112 valence electrons. The minimum Gasteiger partial charge on any atom is -0.481 e. The van der Waals surface area contributed by atoms with Crippen molar-refractivity contribution < 1.29 is 19.8 Å². The molecule has 0 saturated carbocycles. The van der Waals surface area contributed by atoms with Gasteiger partial charge in [-0.2, -0.15) is 0 Å². The van der Waals surface area contributed by atoms with Crippen LogP contribution in [-0.2, 0) is 9.59 Å². The lowest BCUT2D eigenvalue weighted by Gasteiger charge is -2.31. The molecule has 5 heteroatoms. The third-order valence-electron chi connectivity index (χ3n) is 3.19. The minimum absolute atomic E-state index is 0.00965. The Bertz CT molecular complexity index is 279. The average molecular weight is 273 g/mol. The topological polar surface area (TPSA) is 77.8 Å². The van der Waals surface area contributed by atoms with Gasteiger partial charge in [0.1, 0.15) is 6.04 Å². The predicted octanol–water partition coefficient (Wildman–Crippen LogP) is 2.45. The smallest absolute Gasteiger partial charge is 0.321 e. The molecule has 0 aliphatic heterocycles. The zero-order valence-electron chi connectivity index (χ0n) is 12.3. The van der Waals surface area contributed by atoms with E-state index in [-0.39, 0.29) is 12.3 Å². The molecule has 0 aromatic rings. The second kappa shape index (κ2) is 9.78. The first-order chi connectivity index (χ1) is 8.90. The number of rotatable bonds is 11. The summed E-state index contributed by atoms with van der Waals surface area (Å²) in [6.45, 7) is 6.80. The fourth-order valence-corrected chi connectivity index (χ4v) is 2.23. The normalized spacial score (nSPS) is 12.9. The van der Waals surface area contributed by atoms with Gasteiger partial charge in [0.05, 0.1) is 6.42 Å². The van der Waals surface area contributed by atoms with Crippen LogP contribution in [0.3, 0.4) is 0 Å². The summed E-state index contributed by atoms with van der Waals surface area (Å²) in [4.78, 5) is 23.8. The van der Waals surface area contributed by atoms with Crippen molar-refractivity contribution in [2.24, 2.45) is 5.92 Å². The lowest BCUT2D eigenvalue weighted by atomic mass is 10.0. The van der Waals surface area contributed by atoms with E-state index in [1.54, 1.807) is 4.90 Å². The van der Waals surface area contributed by atoms with Crippen molar-refractivity contribution in [2.45, 2.75) is 58.9 Å². The summed E-state index contributed by atoms with van der Waals surface area (Å²) < 4.78 is 0. The number of carbonyl (C=O) groups is 2. The Labute approximate surface area is 115 Å². The van der Waals surface area contributed by atoms with Crippen LogP contribution in [0.4, 0.5) is 0 Å². The number of aliphatic carboxylic acids is 2. The van der Waals surface area contributed by atoms with Gasteiger partial charge < -0.3 is 10.2 Å². The van der Waals surface area contributed by atoms with Gasteiger partial charge in [-0.1, -0.05) is 40.0 Å². The van der Waals surface area contributed by atoms with Gasteiger partial charge in [0.2, 0.25) is 0 Å². The maximum atomic E-state index is 11.3. The van der Waals surface area contributed by atoms with Gasteiger partial charge in [-0.15, -0.1) is 0 Å². The second-order valence-corrected chi connectivity index (χ2v) is 5.27. The van der Waals surface area contributed by atoms with Crippen LogP contribution >= 0.6 is 0 Å². The number of hydrogen-bond acceptors (Lipinski definition) is 3. The first-order valence-corrected chi connectivity index (χ1v) is 7.08. The number of carboxylic acid groups (broad SMARTS) is 2. The maximum absolute atomic E-state index is 11.3. The van der Waals surface area contributed by atoms with E-state index in [1.165, 1.54) is 0 Å². The van der Waals surface area contributed by atoms with E-state index in [2.05, 4.69) is 6.92 Å². The molecule has 0 heterocycles. The molecule has 1 atom stereocenters. The van der Waals surface area contributed by atoms with Crippen LogP contribution in [0, 0.1) is 5.92 Å². The van der Waals surface area contributed by atoms with Gasteiger partial charge in [0.15, 0.2) is 0 Å². The summed E-state index contributed by atoms with van der Waals surface area (Å²) in [5.41, 5.74) is 0. The molecule has 0 fully saturated rings. The quantitative estimate of drug-likeness (QED) is 0.565. The largest absolute Gasteiger partial charge is 0.481 e. The lowest BCUT2D eigenvalue weighted by molar-refractivity contribution is -0.146. The van der Waals surface area contributed by atoms with Crippen molar-refractivity contribution in [1.29, 1.82) is 0 Å². The molecule has 19 heavy (non-hydrogen) atoms. The Hall–Kier alpha value is -1.10. The molecule has 2 N–H and O–H groups in total. The highest BCUT2D eigenvalue weighted by molar-refractivity contribution is 5.74. The summed E-state index contributed by atoms with van der Waals surface area (Å²) in [6.07, 6.45) is 4.23. The Balaban J connectivity index is 4.52. The van der Waals surface area contributed by atoms with Gasteiger partial charge in [-0.05, 0) is 18.9 Å². The zero-order valence-corrected chi connectivity index (χ0v) is 12.3. The lowest BCUT2D eigenvalue weighted by Crippen LogP contribution is -2.46. The van der Waals surface area contributed by atoms with Gasteiger partial charge >= 0.3 is 11.9 Å². The fraction of sp³-hybridized carbons (Fsp3) is 0.857. The van der Waals surface area contributed by atoms with Crippen molar-refractivity contribution in [2.75, 3.05) is 13.1 Å². The third-order valence-corrected chi connectivity index (χ3v) is 3.19. The molecule has 0 rings (SSSR count). The highest BCUT2D eigenvalue weighted by atomic mass is 16.4. The highest BCUT2D eigenvalue weighted by Gasteiger charge is 2.28. The summed E-state index contributed by atoms with van der Waals surface area (Å²) in [5.74, 6) is -1.78. The van der Waals surface area contributed by atoms with Crippen molar-refractivity contribution >= 4 is 11.9 Å². The van der Waals surface area contributed by atoms with E-state index in [9.17, 15) is 14.7 Å². The SMILES string of the molecule is CCCCCCN(CCC(=O)O)C(C(=O)O)C(C)C. The summed E-state index contributed by atoms with van der Waals surface area (Å²) in [5, 5.41) is 18.0. The molecule has 0 aliphatic rings. The third kappa shape index (κ3) is 7.82. The van der Waals surface area contributed by atoms with Crippen LogP contribution in [0.15, 0.2) is 0 Å². The monoisotopic (exact) mass is 273 g/mol. The van der Waals surface area contributed by atoms with Crippen LogP contribution in [0.5, 0.6) is 0 Å². The van der Waals surface area contributed by atoms with E-state index in [0.717, 1.165) is 25.7 Å². The van der Waals surface area contributed by atoms with E-state index in [0.29, 0.717) is 13.1 Å². The van der Waals surface area contributed by atoms with Crippen molar-refractivity contribution in [3.05, 3.63) is 0 Å². The molecular formula is C14H27NO4. The maximum Gasteiger partial charge on any atom is 0.321 e. The Morgan fingerprint density at radius 3 is 2.11 bits per heavy atom. The number of carboxylic acids is 2. The molecule has 0 amide bonds. The number of hydrogen-bond donors (Lipinski definition) is 2. The van der Waals surface area contributed by atoms with Crippen molar-refractivity contribution in [3.63, 3.8) is 0 Å². The zero-order chi connectivity index (χ0) is 14.8. The Morgan fingerprint density at radius 1 is 1.05 bits per heavy atom. The van der Waals surface area contributed by atoms with Gasteiger partial charge in [-0.3, -0.25) is 14.5 Å². The molecule has 0 aromatic heterocycles. The van der Waals surface area contributed by atoms with Crippen molar-refractivity contribution in [1.82, 2.24) is 4.90 Å². The summed E-state index contributed by atoms with van der Waals surface area (Å²) in [6, 6.07) is -0.596. The average Bonchev–Trinajstić information content (AvgIpc) is 2.29. The predicted molar refractivity (Wildman–Crippen MR) is 74.2 cm³/mol. The van der Waals surface area contributed by atoms with E-state index in [1.807, 2.05) is 13.8 Å². The summed E-state index contributed by atoms with van der Waals surface area (Å²) >= 11 is 0. The first kappa shape index (κ1) is 17.9. The molecule has 0 saturated heterocycles. The molecule has 0 radical (unpaired) electrons. The molecule has 5 nitrogen and oxygen atoms in total. The van der Waals surface area contributed by atoms with Crippen LogP contribution < -0.4 is 0 Å². The van der Waals surface area contributed by atoms with E-state index < -0.39 is 18.0 Å². The van der Waals surface area contributed by atoms with E-state index in [4.69, 9.17) is 5.11 Å². The Morgan fingerprint density at radius 2 is 1.68 bits per heavy atom. The van der Waals surface area contributed by atoms with Gasteiger partial charge in [0.25, 0.3) is 0 Å². The Kier molecular flexibility index (Phi) is 9.21. The van der Waals surface area contributed by atoms with E-state index >= 15 is 0 Å². The van der Waals surface area contributed by atoms with Crippen LogP contribution in [0.25, 0.3) is 0 Å². The fourth-order valence-electron chi connectivity index (χ4n) is 2.23. The number of unbranched alkanes of at least 4 members (excludes halogenated alkanes) is 3. The van der Waals surface area contributed by atoms with Crippen LogP contribution in [-0.4, -0.2) is 46.2 Å². The van der Waals surface area contributed by atoms with Crippen LogP contribution in [0.2, 0.25) is 0 Å².